The van der Waals surface area contributed by atoms with Crippen LogP contribution in [0.15, 0.2) is 84.2 Å². The van der Waals surface area contributed by atoms with Crippen molar-refractivity contribution in [3.8, 4) is 17.0 Å². The van der Waals surface area contributed by atoms with E-state index in [1.54, 1.807) is 12.0 Å². The van der Waals surface area contributed by atoms with Crippen LogP contribution in [0, 0.1) is 6.92 Å². The minimum atomic E-state index is -0.0485. The van der Waals surface area contributed by atoms with Crippen molar-refractivity contribution in [3.05, 3.63) is 101 Å². The van der Waals surface area contributed by atoms with E-state index >= 15 is 0 Å². The first kappa shape index (κ1) is 19.9. The van der Waals surface area contributed by atoms with Crippen LogP contribution in [-0.2, 0) is 6.54 Å². The van der Waals surface area contributed by atoms with Gasteiger partial charge in [-0.25, -0.2) is 4.98 Å². The molecule has 0 radical (unpaired) electrons. The highest BCUT2D eigenvalue weighted by Crippen LogP contribution is 2.30. The van der Waals surface area contributed by atoms with Gasteiger partial charge in [0.15, 0.2) is 5.13 Å². The molecular weight excluding hydrogens is 392 g/mol. The predicted octanol–water partition coefficient (Wildman–Crippen LogP) is 5.97. The van der Waals surface area contributed by atoms with Gasteiger partial charge < -0.3 is 4.74 Å². The largest absolute Gasteiger partial charge is 0.497 e. The van der Waals surface area contributed by atoms with Crippen LogP contribution in [0.3, 0.4) is 0 Å². The molecule has 0 saturated heterocycles. The predicted molar refractivity (Wildman–Crippen MR) is 122 cm³/mol. The summed E-state index contributed by atoms with van der Waals surface area (Å²) in [5, 5.41) is 2.67. The second-order valence-electron chi connectivity index (χ2n) is 6.94. The number of rotatable bonds is 6. The van der Waals surface area contributed by atoms with E-state index < -0.39 is 0 Å². The summed E-state index contributed by atoms with van der Waals surface area (Å²) >= 11 is 1.47. The molecule has 0 atom stereocenters. The van der Waals surface area contributed by atoms with Crippen molar-refractivity contribution < 1.29 is 9.53 Å². The van der Waals surface area contributed by atoms with E-state index in [0.29, 0.717) is 17.2 Å². The van der Waals surface area contributed by atoms with Gasteiger partial charge in [0.05, 0.1) is 19.3 Å². The summed E-state index contributed by atoms with van der Waals surface area (Å²) in [6.07, 6.45) is 0. The number of aromatic nitrogens is 1. The molecular formula is C25H22N2O2S. The molecule has 0 aliphatic carbocycles. The second kappa shape index (κ2) is 8.93. The summed E-state index contributed by atoms with van der Waals surface area (Å²) in [6.45, 7) is 2.42. The van der Waals surface area contributed by atoms with Crippen molar-refractivity contribution in [1.29, 1.82) is 0 Å². The molecule has 3 aromatic carbocycles. The third kappa shape index (κ3) is 4.26. The Labute approximate surface area is 180 Å². The smallest absolute Gasteiger partial charge is 0.260 e. The number of thiazole rings is 1. The first-order valence-electron chi connectivity index (χ1n) is 9.67. The Balaban J connectivity index is 1.69. The molecule has 1 aromatic heterocycles. The van der Waals surface area contributed by atoms with Crippen molar-refractivity contribution >= 4 is 22.4 Å². The number of anilines is 1. The Morgan fingerprint density at radius 1 is 0.967 bits per heavy atom. The minimum Gasteiger partial charge on any atom is -0.497 e. The van der Waals surface area contributed by atoms with Crippen molar-refractivity contribution in [2.24, 2.45) is 0 Å². The maximum absolute atomic E-state index is 13.5. The average Bonchev–Trinajstić information content (AvgIpc) is 3.28. The maximum atomic E-state index is 13.5. The first-order valence-corrected chi connectivity index (χ1v) is 10.5. The summed E-state index contributed by atoms with van der Waals surface area (Å²) in [5.74, 6) is 0.752. The highest BCUT2D eigenvalue weighted by molar-refractivity contribution is 7.14. The van der Waals surface area contributed by atoms with Gasteiger partial charge in [-0.15, -0.1) is 11.3 Å². The van der Waals surface area contributed by atoms with Gasteiger partial charge in [0.1, 0.15) is 5.75 Å². The third-order valence-electron chi connectivity index (χ3n) is 4.91. The van der Waals surface area contributed by atoms with Gasteiger partial charge in [-0.3, -0.25) is 9.69 Å². The van der Waals surface area contributed by atoms with Crippen LogP contribution in [0.2, 0.25) is 0 Å². The zero-order valence-electron chi connectivity index (χ0n) is 16.9. The fourth-order valence-electron chi connectivity index (χ4n) is 3.23. The van der Waals surface area contributed by atoms with Crippen molar-refractivity contribution in [3.63, 3.8) is 0 Å². The van der Waals surface area contributed by atoms with E-state index in [-0.39, 0.29) is 5.91 Å². The third-order valence-corrected chi connectivity index (χ3v) is 5.78. The molecule has 4 aromatic rings. The van der Waals surface area contributed by atoms with Crippen LogP contribution in [0.25, 0.3) is 11.3 Å². The van der Waals surface area contributed by atoms with Crippen LogP contribution in [0.5, 0.6) is 5.75 Å². The highest BCUT2D eigenvalue weighted by atomic mass is 32.1. The van der Waals surface area contributed by atoms with Gasteiger partial charge in [-0.2, -0.15) is 0 Å². The number of hydrogen-bond donors (Lipinski definition) is 0. The van der Waals surface area contributed by atoms with Crippen molar-refractivity contribution in [2.45, 2.75) is 13.5 Å². The number of carbonyl (C=O) groups is 1. The van der Waals surface area contributed by atoms with E-state index in [1.165, 1.54) is 11.3 Å². The summed E-state index contributed by atoms with van der Waals surface area (Å²) in [4.78, 5) is 20.0. The molecule has 0 aliphatic heterocycles. The van der Waals surface area contributed by atoms with E-state index in [0.717, 1.165) is 28.1 Å². The topological polar surface area (TPSA) is 42.4 Å². The molecule has 0 fully saturated rings. The zero-order valence-corrected chi connectivity index (χ0v) is 17.7. The quantitative estimate of drug-likeness (QED) is 0.390. The summed E-state index contributed by atoms with van der Waals surface area (Å²) in [5.41, 5.74) is 4.53. The minimum absolute atomic E-state index is 0.0485. The van der Waals surface area contributed by atoms with Crippen LogP contribution < -0.4 is 9.64 Å². The van der Waals surface area contributed by atoms with Gasteiger partial charge in [0, 0.05) is 16.5 Å². The van der Waals surface area contributed by atoms with Gasteiger partial charge >= 0.3 is 0 Å². The summed E-state index contributed by atoms with van der Waals surface area (Å²) in [7, 11) is 1.65. The van der Waals surface area contributed by atoms with Gasteiger partial charge in [-0.05, 0) is 48.4 Å². The number of ether oxygens (including phenoxy) is 1. The van der Waals surface area contributed by atoms with E-state index in [1.807, 2.05) is 91.2 Å². The lowest BCUT2D eigenvalue weighted by atomic mass is 10.1. The van der Waals surface area contributed by atoms with Crippen LogP contribution in [0.4, 0.5) is 5.13 Å². The number of aryl methyl sites for hydroxylation is 1. The Morgan fingerprint density at radius 2 is 1.67 bits per heavy atom. The molecule has 4 nitrogen and oxygen atoms in total. The first-order chi connectivity index (χ1) is 14.7. The number of amides is 1. The number of nitrogens with zero attached hydrogens (tertiary/aromatic N) is 2. The lowest BCUT2D eigenvalue weighted by Crippen LogP contribution is -2.30. The fourth-order valence-corrected chi connectivity index (χ4v) is 4.06. The molecule has 0 N–H and O–H groups in total. The number of benzene rings is 3. The molecule has 0 bridgehead atoms. The SMILES string of the molecule is COc1ccc(-c2csc(N(Cc3ccccc3)C(=O)c3ccccc3C)n2)cc1. The lowest BCUT2D eigenvalue weighted by Gasteiger charge is -2.21. The van der Waals surface area contributed by atoms with Gasteiger partial charge in [-0.1, -0.05) is 48.5 Å². The highest BCUT2D eigenvalue weighted by Gasteiger charge is 2.22. The Kier molecular flexibility index (Phi) is 5.91. The lowest BCUT2D eigenvalue weighted by molar-refractivity contribution is 0.0984. The Bertz CT molecular complexity index is 1140. The molecule has 0 aliphatic rings. The molecule has 1 amide bonds. The van der Waals surface area contributed by atoms with Crippen LogP contribution >= 0.6 is 11.3 Å². The number of hydrogen-bond acceptors (Lipinski definition) is 4. The average molecular weight is 415 g/mol. The summed E-state index contributed by atoms with van der Waals surface area (Å²) < 4.78 is 5.24. The molecule has 150 valence electrons. The zero-order chi connectivity index (χ0) is 20.9. The molecule has 4 rings (SSSR count). The Hall–Kier alpha value is -3.44. The van der Waals surface area contributed by atoms with E-state index in [2.05, 4.69) is 0 Å². The molecule has 5 heteroatoms. The van der Waals surface area contributed by atoms with Gasteiger partial charge in [0.25, 0.3) is 5.91 Å². The Morgan fingerprint density at radius 3 is 2.37 bits per heavy atom. The molecule has 0 spiro atoms. The summed E-state index contributed by atoms with van der Waals surface area (Å²) in [6, 6.07) is 25.4. The molecule has 30 heavy (non-hydrogen) atoms. The number of methoxy groups -OCH3 is 1. The van der Waals surface area contributed by atoms with E-state index in [9.17, 15) is 4.79 Å². The number of carbonyl (C=O) groups excluding carboxylic acids is 1. The maximum Gasteiger partial charge on any atom is 0.260 e. The molecule has 0 saturated carbocycles. The van der Waals surface area contributed by atoms with Crippen LogP contribution in [0.1, 0.15) is 21.5 Å². The molecule has 0 unspecified atom stereocenters. The fraction of sp³-hybridized carbons (Fsp3) is 0.120. The van der Waals surface area contributed by atoms with Crippen molar-refractivity contribution in [1.82, 2.24) is 4.98 Å². The monoisotopic (exact) mass is 414 g/mol. The second-order valence-corrected chi connectivity index (χ2v) is 7.77. The molecule has 1 heterocycles. The van der Waals surface area contributed by atoms with Crippen LogP contribution in [-0.4, -0.2) is 18.0 Å². The van der Waals surface area contributed by atoms with E-state index in [4.69, 9.17) is 9.72 Å². The standard InChI is InChI=1S/C25H22N2O2S/c1-18-8-6-7-11-22(18)24(28)27(16-19-9-4-3-5-10-19)25-26-23(17-30-25)20-12-14-21(29-2)15-13-20/h3-15,17H,16H2,1-2H3. The normalized spacial score (nSPS) is 10.6. The van der Waals surface area contributed by atoms with Crippen molar-refractivity contribution in [2.75, 3.05) is 12.0 Å². The van der Waals surface area contributed by atoms with Gasteiger partial charge in [0.2, 0.25) is 0 Å².